The molecule has 0 spiro atoms. The van der Waals surface area contributed by atoms with Crippen LogP contribution in [0.1, 0.15) is 70.4 Å². The van der Waals surface area contributed by atoms with Crippen LogP contribution in [0.15, 0.2) is 36.3 Å². The van der Waals surface area contributed by atoms with E-state index in [0.717, 1.165) is 25.3 Å². The Morgan fingerprint density at radius 3 is 2.72 bits per heavy atom. The van der Waals surface area contributed by atoms with Gasteiger partial charge in [0, 0.05) is 36.5 Å². The highest BCUT2D eigenvalue weighted by molar-refractivity contribution is 5.80. The highest BCUT2D eigenvalue weighted by Gasteiger charge is 2.58. The molecular weight excluding hydrogens is 356 g/mol. The first-order chi connectivity index (χ1) is 13.9. The zero-order valence-electron chi connectivity index (χ0n) is 18.4. The maximum Gasteiger partial charge on any atom is 0.226 e. The van der Waals surface area contributed by atoms with Crippen molar-refractivity contribution in [2.75, 3.05) is 6.54 Å². The summed E-state index contributed by atoms with van der Waals surface area (Å²) >= 11 is 0. The minimum atomic E-state index is 0.168. The van der Waals surface area contributed by atoms with Crippen LogP contribution in [0.25, 0.3) is 5.57 Å². The van der Waals surface area contributed by atoms with Crippen LogP contribution in [0.4, 0.5) is 0 Å². The number of fused-ring (bicyclic) bond motifs is 5. The Kier molecular flexibility index (Phi) is 4.31. The lowest BCUT2D eigenvalue weighted by molar-refractivity contribution is -0.136. The summed E-state index contributed by atoms with van der Waals surface area (Å²) < 4.78 is 0. The van der Waals surface area contributed by atoms with Crippen molar-refractivity contribution in [1.82, 2.24) is 9.88 Å². The van der Waals surface area contributed by atoms with Crippen LogP contribution in [0.5, 0.6) is 0 Å². The second-order valence-corrected chi connectivity index (χ2v) is 10.3. The fraction of sp³-hybridized carbons (Fsp3) is 0.615. The minimum Gasteiger partial charge on any atom is -0.316 e. The smallest absolute Gasteiger partial charge is 0.226 e. The average molecular weight is 391 g/mol. The number of allylic oxidation sites excluding steroid dienone is 4. The number of carbonyl (C=O) groups excluding carboxylic acids is 1. The molecule has 1 saturated heterocycles. The zero-order chi connectivity index (χ0) is 20.4. The molecule has 0 aromatic carbocycles. The van der Waals surface area contributed by atoms with Crippen molar-refractivity contribution in [3.05, 3.63) is 47.4 Å². The van der Waals surface area contributed by atoms with E-state index >= 15 is 0 Å². The van der Waals surface area contributed by atoms with Gasteiger partial charge in [-0.25, -0.2) is 0 Å². The maximum absolute atomic E-state index is 12.5. The van der Waals surface area contributed by atoms with Crippen LogP contribution < -0.4 is 0 Å². The van der Waals surface area contributed by atoms with Crippen LogP contribution in [-0.2, 0) is 4.79 Å². The van der Waals surface area contributed by atoms with Crippen LogP contribution in [0.2, 0.25) is 0 Å². The molecule has 3 aliphatic carbocycles. The fourth-order valence-corrected chi connectivity index (χ4v) is 7.52. The van der Waals surface area contributed by atoms with Gasteiger partial charge in [0.25, 0.3) is 0 Å². The normalized spacial score (nSPS) is 38.7. The highest BCUT2D eigenvalue weighted by atomic mass is 16.2. The number of aryl methyl sites for hydroxylation is 1. The number of nitrogens with zero attached hydrogens (tertiary/aromatic N) is 2. The van der Waals surface area contributed by atoms with E-state index < -0.39 is 0 Å². The lowest BCUT2D eigenvalue weighted by Crippen LogP contribution is -2.54. The molecule has 1 aromatic rings. The molecule has 29 heavy (non-hydrogen) atoms. The SMILES string of the molecule is CCN1C(=O)CCC2(C)C1=CC[C@H]1[C@H]3CC=C(c4cnccc4C)C3(C)CC[C@@H]12. The highest BCUT2D eigenvalue weighted by Crippen LogP contribution is 2.66. The maximum atomic E-state index is 12.5. The van der Waals surface area contributed by atoms with Gasteiger partial charge in [0.1, 0.15) is 0 Å². The third-order valence-electron chi connectivity index (χ3n) is 9.10. The summed E-state index contributed by atoms with van der Waals surface area (Å²) in [5.74, 6) is 2.45. The topological polar surface area (TPSA) is 33.2 Å². The van der Waals surface area contributed by atoms with Gasteiger partial charge in [0.15, 0.2) is 0 Å². The zero-order valence-corrected chi connectivity index (χ0v) is 18.4. The van der Waals surface area contributed by atoms with Crippen LogP contribution in [0.3, 0.4) is 0 Å². The van der Waals surface area contributed by atoms with Crippen molar-refractivity contribution < 1.29 is 4.79 Å². The molecule has 2 heterocycles. The summed E-state index contributed by atoms with van der Waals surface area (Å²) in [5, 5.41) is 0. The molecule has 1 aromatic heterocycles. The van der Waals surface area contributed by atoms with E-state index in [0.29, 0.717) is 24.2 Å². The Hall–Kier alpha value is -1.90. The number of hydrogen-bond acceptors (Lipinski definition) is 2. The van der Waals surface area contributed by atoms with Gasteiger partial charge >= 0.3 is 0 Å². The molecule has 0 bridgehead atoms. The number of amides is 1. The number of likely N-dealkylation sites (tertiary alicyclic amines) is 1. The summed E-state index contributed by atoms with van der Waals surface area (Å²) in [5.41, 5.74) is 6.01. The van der Waals surface area contributed by atoms with Crippen molar-refractivity contribution in [2.45, 2.75) is 66.2 Å². The number of aromatic nitrogens is 1. The van der Waals surface area contributed by atoms with Crippen LogP contribution in [0, 0.1) is 35.5 Å². The van der Waals surface area contributed by atoms with E-state index in [-0.39, 0.29) is 10.8 Å². The lowest BCUT2D eigenvalue weighted by atomic mass is 9.48. The van der Waals surface area contributed by atoms with E-state index in [9.17, 15) is 4.79 Å². The molecule has 2 unspecified atom stereocenters. The Labute approximate surface area is 175 Å². The summed E-state index contributed by atoms with van der Waals surface area (Å²) in [7, 11) is 0. The van der Waals surface area contributed by atoms with Crippen molar-refractivity contribution in [3.63, 3.8) is 0 Å². The third kappa shape index (κ3) is 2.55. The van der Waals surface area contributed by atoms with Gasteiger partial charge in [-0.15, -0.1) is 0 Å². The van der Waals surface area contributed by atoms with Gasteiger partial charge in [0.05, 0.1) is 0 Å². The Morgan fingerprint density at radius 2 is 1.97 bits per heavy atom. The molecule has 5 rings (SSSR count). The molecule has 1 saturated carbocycles. The van der Waals surface area contributed by atoms with Gasteiger partial charge < -0.3 is 4.90 Å². The van der Waals surface area contributed by atoms with Crippen molar-refractivity contribution >= 4 is 11.5 Å². The monoisotopic (exact) mass is 390 g/mol. The molecule has 3 heteroatoms. The third-order valence-corrected chi connectivity index (χ3v) is 9.10. The van der Waals surface area contributed by atoms with Crippen molar-refractivity contribution in [2.24, 2.45) is 28.6 Å². The van der Waals surface area contributed by atoms with Gasteiger partial charge in [-0.05, 0) is 91.9 Å². The summed E-state index contributed by atoms with van der Waals surface area (Å²) in [6.45, 7) is 10.1. The van der Waals surface area contributed by atoms with E-state index in [1.807, 2.05) is 6.20 Å². The quantitative estimate of drug-likeness (QED) is 0.643. The van der Waals surface area contributed by atoms with E-state index in [1.54, 1.807) is 5.57 Å². The fourth-order valence-electron chi connectivity index (χ4n) is 7.52. The second-order valence-electron chi connectivity index (χ2n) is 10.3. The standard InChI is InChI=1S/C26H34N2O/c1-5-28-23-9-6-18-20-7-8-21(19-16-27-15-12-17(19)2)25(20,3)13-10-22(18)26(23,4)14-11-24(28)29/h8-9,12,15-16,18,20,22H,5-7,10-11,13-14H2,1-4H3/t18-,20+,22-,25?,26?/m0/s1. The van der Waals surface area contributed by atoms with Crippen molar-refractivity contribution in [3.8, 4) is 0 Å². The van der Waals surface area contributed by atoms with Gasteiger partial charge in [-0.1, -0.05) is 26.0 Å². The Morgan fingerprint density at radius 1 is 1.14 bits per heavy atom. The van der Waals surface area contributed by atoms with Crippen molar-refractivity contribution in [1.29, 1.82) is 0 Å². The van der Waals surface area contributed by atoms with E-state index in [2.05, 4.69) is 62.0 Å². The molecule has 0 radical (unpaired) electrons. The first-order valence-electron chi connectivity index (χ1n) is 11.5. The Bertz CT molecular complexity index is 915. The van der Waals surface area contributed by atoms with Crippen LogP contribution in [-0.4, -0.2) is 22.3 Å². The second kappa shape index (κ2) is 6.55. The van der Waals surface area contributed by atoms with Gasteiger partial charge in [0.2, 0.25) is 5.91 Å². The number of pyridine rings is 1. The predicted octanol–water partition coefficient (Wildman–Crippen LogP) is 5.76. The average Bonchev–Trinajstić information content (AvgIpc) is 3.06. The first kappa shape index (κ1) is 19.1. The summed E-state index contributed by atoms with van der Waals surface area (Å²) in [6.07, 6.45) is 15.5. The lowest BCUT2D eigenvalue weighted by Gasteiger charge is -2.58. The van der Waals surface area contributed by atoms with Gasteiger partial charge in [-0.2, -0.15) is 0 Å². The molecule has 2 fully saturated rings. The summed E-state index contributed by atoms with van der Waals surface area (Å²) in [6, 6.07) is 2.15. The molecular formula is C26H34N2O. The molecule has 1 aliphatic heterocycles. The van der Waals surface area contributed by atoms with Crippen LogP contribution >= 0.6 is 0 Å². The number of hydrogen-bond donors (Lipinski definition) is 0. The first-order valence-corrected chi connectivity index (χ1v) is 11.5. The molecule has 5 atom stereocenters. The molecule has 1 amide bonds. The summed E-state index contributed by atoms with van der Waals surface area (Å²) in [4.78, 5) is 19.0. The minimum absolute atomic E-state index is 0.168. The Balaban J connectivity index is 1.50. The van der Waals surface area contributed by atoms with E-state index in [4.69, 9.17) is 0 Å². The molecule has 0 N–H and O–H groups in total. The number of carbonyl (C=O) groups is 1. The predicted molar refractivity (Wildman–Crippen MR) is 117 cm³/mol. The van der Waals surface area contributed by atoms with E-state index in [1.165, 1.54) is 36.1 Å². The van der Waals surface area contributed by atoms with Gasteiger partial charge in [-0.3, -0.25) is 9.78 Å². The molecule has 154 valence electrons. The number of piperidine rings is 1. The molecule has 4 aliphatic rings. The largest absolute Gasteiger partial charge is 0.316 e. The number of rotatable bonds is 2. The molecule has 3 nitrogen and oxygen atoms in total.